The van der Waals surface area contributed by atoms with Gasteiger partial charge in [0.25, 0.3) is 11.8 Å². The van der Waals surface area contributed by atoms with Crippen molar-refractivity contribution in [3.63, 3.8) is 0 Å². The Kier molecular flexibility index (Phi) is 5.27. The molecule has 6 heteroatoms. The normalized spacial score (nSPS) is 12.8. The van der Waals surface area contributed by atoms with Gasteiger partial charge >= 0.3 is 0 Å². The van der Waals surface area contributed by atoms with Crippen LogP contribution in [0.25, 0.3) is 0 Å². The number of nitrogens with zero attached hydrogens (tertiary/aromatic N) is 1. The molecule has 0 N–H and O–H groups in total. The quantitative estimate of drug-likeness (QED) is 0.414. The van der Waals surface area contributed by atoms with E-state index in [4.69, 9.17) is 4.74 Å². The summed E-state index contributed by atoms with van der Waals surface area (Å²) in [5.41, 5.74) is 1.77. The van der Waals surface area contributed by atoms with Crippen molar-refractivity contribution < 1.29 is 19.1 Å². The van der Waals surface area contributed by atoms with Gasteiger partial charge in [-0.15, -0.1) is 0 Å². The molecule has 29 heavy (non-hydrogen) atoms. The number of hydrogen-bond acceptors (Lipinski definition) is 4. The van der Waals surface area contributed by atoms with Crippen molar-refractivity contribution in [1.29, 1.82) is 0 Å². The van der Waals surface area contributed by atoms with Crippen LogP contribution < -0.4 is 4.74 Å². The Morgan fingerprint density at radius 3 is 2.14 bits per heavy atom. The highest BCUT2D eigenvalue weighted by Gasteiger charge is 2.34. The van der Waals surface area contributed by atoms with Crippen LogP contribution in [-0.4, -0.2) is 35.6 Å². The van der Waals surface area contributed by atoms with Crippen LogP contribution in [0.4, 0.5) is 0 Å². The second-order valence-corrected chi connectivity index (χ2v) is 7.41. The van der Waals surface area contributed by atoms with Crippen molar-refractivity contribution in [2.75, 3.05) is 13.2 Å². The lowest BCUT2D eigenvalue weighted by Crippen LogP contribution is -2.33. The van der Waals surface area contributed by atoms with Gasteiger partial charge in [0.1, 0.15) is 12.4 Å². The second-order valence-electron chi connectivity index (χ2n) is 6.49. The molecule has 0 radical (unpaired) electrons. The molecule has 3 aromatic rings. The van der Waals surface area contributed by atoms with Crippen LogP contribution in [0.15, 0.2) is 77.3 Å². The van der Waals surface area contributed by atoms with E-state index in [-0.39, 0.29) is 30.7 Å². The third-order valence-corrected chi connectivity index (χ3v) is 5.17. The molecule has 0 bridgehead atoms. The number of ether oxygens (including phenoxy) is 1. The zero-order valence-electron chi connectivity index (χ0n) is 15.3. The van der Waals surface area contributed by atoms with Gasteiger partial charge < -0.3 is 4.74 Å². The van der Waals surface area contributed by atoms with Crippen LogP contribution in [0.3, 0.4) is 0 Å². The Morgan fingerprint density at radius 2 is 1.48 bits per heavy atom. The number of hydrogen-bond donors (Lipinski definition) is 0. The smallest absolute Gasteiger partial charge is 0.261 e. The molecule has 4 rings (SSSR count). The summed E-state index contributed by atoms with van der Waals surface area (Å²) in [7, 11) is 0. The number of imide groups is 1. The minimum atomic E-state index is -0.328. The molecule has 5 nitrogen and oxygen atoms in total. The van der Waals surface area contributed by atoms with Crippen LogP contribution >= 0.6 is 15.9 Å². The summed E-state index contributed by atoms with van der Waals surface area (Å²) in [6.07, 6.45) is 0. The monoisotopic (exact) mass is 449 g/mol. The minimum Gasteiger partial charge on any atom is -0.491 e. The molecule has 0 saturated carbocycles. The molecule has 3 aromatic carbocycles. The predicted molar refractivity (Wildman–Crippen MR) is 111 cm³/mol. The fourth-order valence-electron chi connectivity index (χ4n) is 3.24. The average molecular weight is 450 g/mol. The summed E-state index contributed by atoms with van der Waals surface area (Å²) in [6, 6.07) is 20.8. The van der Waals surface area contributed by atoms with Gasteiger partial charge in [0, 0.05) is 10.0 Å². The molecule has 1 heterocycles. The number of benzene rings is 3. The van der Waals surface area contributed by atoms with E-state index in [0.717, 1.165) is 4.47 Å². The van der Waals surface area contributed by atoms with Crippen LogP contribution in [0.1, 0.15) is 36.6 Å². The molecule has 0 saturated heterocycles. The molecule has 2 amide bonds. The standard InChI is InChI=1S/C23H16BrNO4/c24-16-10-11-20(19(14-16)21(26)15-6-2-1-3-7-15)29-13-12-25-22(27)17-8-4-5-9-18(17)23(25)28/h1-11,14H,12-13H2. The Labute approximate surface area is 176 Å². The number of carbonyl (C=O) groups is 3. The van der Waals surface area contributed by atoms with Crippen molar-refractivity contribution in [3.8, 4) is 5.75 Å². The number of amides is 2. The fraction of sp³-hybridized carbons (Fsp3) is 0.0870. The maximum Gasteiger partial charge on any atom is 0.261 e. The number of ketones is 1. The van der Waals surface area contributed by atoms with Crippen molar-refractivity contribution in [2.24, 2.45) is 0 Å². The lowest BCUT2D eigenvalue weighted by atomic mass is 10.0. The molecule has 0 fully saturated rings. The topological polar surface area (TPSA) is 63.7 Å². The van der Waals surface area contributed by atoms with Gasteiger partial charge in [-0.2, -0.15) is 0 Å². The molecular formula is C23H16BrNO4. The van der Waals surface area contributed by atoms with Gasteiger partial charge in [0.15, 0.2) is 5.78 Å². The van der Waals surface area contributed by atoms with Gasteiger partial charge in [-0.1, -0.05) is 58.4 Å². The second kappa shape index (κ2) is 8.01. The zero-order chi connectivity index (χ0) is 20.4. The minimum absolute atomic E-state index is 0.0855. The first kappa shape index (κ1) is 19.1. The molecule has 0 aromatic heterocycles. The molecule has 0 unspecified atom stereocenters. The van der Waals surface area contributed by atoms with Crippen molar-refractivity contribution in [1.82, 2.24) is 4.90 Å². The van der Waals surface area contributed by atoms with E-state index in [2.05, 4.69) is 15.9 Å². The number of carbonyl (C=O) groups excluding carboxylic acids is 3. The third kappa shape index (κ3) is 3.71. The maximum absolute atomic E-state index is 12.9. The maximum atomic E-state index is 12.9. The predicted octanol–water partition coefficient (Wildman–Crippen LogP) is 4.36. The Morgan fingerprint density at radius 1 is 0.862 bits per heavy atom. The van der Waals surface area contributed by atoms with E-state index >= 15 is 0 Å². The van der Waals surface area contributed by atoms with E-state index in [0.29, 0.717) is 28.0 Å². The van der Waals surface area contributed by atoms with Crippen LogP contribution in [0.5, 0.6) is 5.75 Å². The molecular weight excluding hydrogens is 434 g/mol. The number of fused-ring (bicyclic) bond motifs is 1. The molecule has 0 aliphatic carbocycles. The van der Waals surface area contributed by atoms with E-state index in [1.54, 1.807) is 66.7 Å². The first-order valence-corrected chi connectivity index (χ1v) is 9.83. The lowest BCUT2D eigenvalue weighted by molar-refractivity contribution is 0.0630. The van der Waals surface area contributed by atoms with Gasteiger partial charge in [-0.3, -0.25) is 19.3 Å². The largest absolute Gasteiger partial charge is 0.491 e. The molecule has 144 valence electrons. The summed E-state index contributed by atoms with van der Waals surface area (Å²) in [5, 5.41) is 0. The molecule has 1 aliphatic rings. The van der Waals surface area contributed by atoms with E-state index in [1.165, 1.54) is 4.90 Å². The Bertz CT molecular complexity index is 1080. The van der Waals surface area contributed by atoms with Crippen molar-refractivity contribution in [2.45, 2.75) is 0 Å². The van der Waals surface area contributed by atoms with Crippen molar-refractivity contribution >= 4 is 33.5 Å². The number of halogens is 1. The van der Waals surface area contributed by atoms with E-state index < -0.39 is 0 Å². The lowest BCUT2D eigenvalue weighted by Gasteiger charge is -2.16. The zero-order valence-corrected chi connectivity index (χ0v) is 16.9. The molecule has 0 atom stereocenters. The highest BCUT2D eigenvalue weighted by atomic mass is 79.9. The molecule has 0 spiro atoms. The van der Waals surface area contributed by atoms with Gasteiger partial charge in [-0.05, 0) is 30.3 Å². The Balaban J connectivity index is 1.49. The summed E-state index contributed by atoms with van der Waals surface area (Å²) < 4.78 is 6.56. The average Bonchev–Trinajstić information content (AvgIpc) is 3.00. The van der Waals surface area contributed by atoms with Crippen LogP contribution in [-0.2, 0) is 0 Å². The van der Waals surface area contributed by atoms with E-state index in [1.807, 2.05) is 6.07 Å². The van der Waals surface area contributed by atoms with Gasteiger partial charge in [0.2, 0.25) is 0 Å². The molecule has 1 aliphatic heterocycles. The highest BCUT2D eigenvalue weighted by Crippen LogP contribution is 2.27. The summed E-state index contributed by atoms with van der Waals surface area (Å²) in [5.74, 6) is -0.419. The first-order valence-electron chi connectivity index (χ1n) is 9.03. The first-order chi connectivity index (χ1) is 14.1. The third-order valence-electron chi connectivity index (χ3n) is 4.67. The fourth-order valence-corrected chi connectivity index (χ4v) is 3.60. The highest BCUT2D eigenvalue weighted by molar-refractivity contribution is 9.10. The van der Waals surface area contributed by atoms with Crippen LogP contribution in [0.2, 0.25) is 0 Å². The van der Waals surface area contributed by atoms with Gasteiger partial charge in [-0.25, -0.2) is 0 Å². The number of rotatable bonds is 6. The van der Waals surface area contributed by atoms with E-state index in [9.17, 15) is 14.4 Å². The SMILES string of the molecule is O=C(c1ccccc1)c1cc(Br)ccc1OCCN1C(=O)c2ccccc2C1=O. The summed E-state index contributed by atoms with van der Waals surface area (Å²) in [6.45, 7) is 0.184. The van der Waals surface area contributed by atoms with Gasteiger partial charge in [0.05, 0.1) is 23.2 Å². The summed E-state index contributed by atoms with van der Waals surface area (Å²) in [4.78, 5) is 38.9. The summed E-state index contributed by atoms with van der Waals surface area (Å²) >= 11 is 3.39. The Hall–Kier alpha value is -3.25. The van der Waals surface area contributed by atoms with Crippen molar-refractivity contribution in [3.05, 3.63) is 99.5 Å². The van der Waals surface area contributed by atoms with Crippen LogP contribution in [0, 0.1) is 0 Å².